The first-order chi connectivity index (χ1) is 14.2. The molecular weight excluding hydrogens is 386 g/mol. The summed E-state index contributed by atoms with van der Waals surface area (Å²) in [7, 11) is 3.22. The molecule has 0 aliphatic heterocycles. The number of para-hydroxylation sites is 1. The van der Waals surface area contributed by atoms with Gasteiger partial charge in [0.15, 0.2) is 5.13 Å². The van der Waals surface area contributed by atoms with E-state index in [4.69, 9.17) is 9.47 Å². The SMILES string of the molecule is COc1ccc(-c2csc(NC(=O)CCn3ccc4ccccc43)n2)c(OC)c1. The summed E-state index contributed by atoms with van der Waals surface area (Å²) < 4.78 is 12.8. The Kier molecular flexibility index (Phi) is 5.48. The summed E-state index contributed by atoms with van der Waals surface area (Å²) in [5.74, 6) is 1.32. The number of rotatable bonds is 7. The first-order valence-corrected chi connectivity index (χ1v) is 10.1. The van der Waals surface area contributed by atoms with Gasteiger partial charge in [0.1, 0.15) is 11.5 Å². The normalized spacial score (nSPS) is 10.8. The van der Waals surface area contributed by atoms with Gasteiger partial charge in [-0.15, -0.1) is 11.3 Å². The number of benzene rings is 2. The number of ether oxygens (including phenoxy) is 2. The van der Waals surface area contributed by atoms with Crippen LogP contribution in [0.3, 0.4) is 0 Å². The Morgan fingerprint density at radius 2 is 2.00 bits per heavy atom. The smallest absolute Gasteiger partial charge is 0.227 e. The molecule has 0 aliphatic carbocycles. The van der Waals surface area contributed by atoms with Crippen molar-refractivity contribution in [1.29, 1.82) is 0 Å². The van der Waals surface area contributed by atoms with E-state index in [9.17, 15) is 4.79 Å². The number of nitrogens with one attached hydrogen (secondary N) is 1. The highest BCUT2D eigenvalue weighted by Crippen LogP contribution is 2.34. The van der Waals surface area contributed by atoms with Crippen LogP contribution < -0.4 is 14.8 Å². The maximum atomic E-state index is 12.4. The van der Waals surface area contributed by atoms with E-state index in [-0.39, 0.29) is 5.91 Å². The number of aromatic nitrogens is 2. The second kappa shape index (κ2) is 8.36. The summed E-state index contributed by atoms with van der Waals surface area (Å²) >= 11 is 1.39. The highest BCUT2D eigenvalue weighted by atomic mass is 32.1. The second-order valence-electron chi connectivity index (χ2n) is 6.47. The molecule has 0 saturated carbocycles. The Hall–Kier alpha value is -3.32. The van der Waals surface area contributed by atoms with Crippen LogP contribution in [0.5, 0.6) is 11.5 Å². The van der Waals surface area contributed by atoms with Crippen LogP contribution in [0.1, 0.15) is 6.42 Å². The molecule has 4 aromatic rings. The molecule has 0 fully saturated rings. The van der Waals surface area contributed by atoms with Crippen molar-refractivity contribution in [2.24, 2.45) is 0 Å². The van der Waals surface area contributed by atoms with E-state index in [1.54, 1.807) is 14.2 Å². The van der Waals surface area contributed by atoms with Gasteiger partial charge >= 0.3 is 0 Å². The first-order valence-electron chi connectivity index (χ1n) is 9.19. The number of aryl methyl sites for hydroxylation is 1. The van der Waals surface area contributed by atoms with Gasteiger partial charge in [0.2, 0.25) is 5.91 Å². The standard InChI is InChI=1S/C22H21N3O3S/c1-27-16-7-8-17(20(13-16)28-2)18-14-29-22(23-18)24-21(26)10-12-25-11-9-15-5-3-4-6-19(15)25/h3-9,11,13-14H,10,12H2,1-2H3,(H,23,24,26). The van der Waals surface area contributed by atoms with Crippen molar-refractivity contribution < 1.29 is 14.3 Å². The molecule has 2 aromatic carbocycles. The molecular formula is C22H21N3O3S. The predicted octanol–water partition coefficient (Wildman–Crippen LogP) is 4.81. The molecule has 1 amide bonds. The van der Waals surface area contributed by atoms with Gasteiger partial charge in [-0.2, -0.15) is 0 Å². The van der Waals surface area contributed by atoms with Crippen LogP contribution in [0, 0.1) is 0 Å². The average Bonchev–Trinajstić information content (AvgIpc) is 3.38. The van der Waals surface area contributed by atoms with Crippen LogP contribution in [-0.2, 0) is 11.3 Å². The maximum Gasteiger partial charge on any atom is 0.227 e. The molecule has 0 aliphatic rings. The largest absolute Gasteiger partial charge is 0.497 e. The number of thiazole rings is 1. The molecule has 0 spiro atoms. The monoisotopic (exact) mass is 407 g/mol. The molecule has 0 radical (unpaired) electrons. The van der Waals surface area contributed by atoms with Crippen LogP contribution in [0.25, 0.3) is 22.2 Å². The molecule has 0 saturated heterocycles. The summed E-state index contributed by atoms with van der Waals surface area (Å²) in [4.78, 5) is 16.9. The zero-order valence-electron chi connectivity index (χ0n) is 16.2. The third-order valence-electron chi connectivity index (χ3n) is 4.70. The van der Waals surface area contributed by atoms with E-state index in [0.717, 1.165) is 16.8 Å². The number of anilines is 1. The van der Waals surface area contributed by atoms with Crippen LogP contribution in [0.4, 0.5) is 5.13 Å². The molecule has 0 bridgehead atoms. The number of hydrogen-bond acceptors (Lipinski definition) is 5. The highest BCUT2D eigenvalue weighted by molar-refractivity contribution is 7.14. The summed E-state index contributed by atoms with van der Waals surface area (Å²) in [6.07, 6.45) is 2.38. The topological polar surface area (TPSA) is 65.4 Å². The van der Waals surface area contributed by atoms with E-state index >= 15 is 0 Å². The van der Waals surface area contributed by atoms with Gasteiger partial charge in [0.05, 0.1) is 19.9 Å². The highest BCUT2D eigenvalue weighted by Gasteiger charge is 2.13. The number of hydrogen-bond donors (Lipinski definition) is 1. The molecule has 2 aromatic heterocycles. The average molecular weight is 407 g/mol. The van der Waals surface area contributed by atoms with Crippen LogP contribution in [0.2, 0.25) is 0 Å². The lowest BCUT2D eigenvalue weighted by atomic mass is 10.1. The van der Waals surface area contributed by atoms with Gasteiger partial charge in [-0.25, -0.2) is 4.98 Å². The lowest BCUT2D eigenvalue weighted by Crippen LogP contribution is -2.14. The fourth-order valence-electron chi connectivity index (χ4n) is 3.20. The second-order valence-corrected chi connectivity index (χ2v) is 7.33. The Bertz CT molecular complexity index is 1150. The minimum atomic E-state index is -0.0645. The van der Waals surface area contributed by atoms with Crippen molar-refractivity contribution in [2.75, 3.05) is 19.5 Å². The molecule has 4 rings (SSSR count). The molecule has 7 heteroatoms. The van der Waals surface area contributed by atoms with Crippen molar-refractivity contribution in [2.45, 2.75) is 13.0 Å². The van der Waals surface area contributed by atoms with E-state index in [1.807, 2.05) is 41.9 Å². The van der Waals surface area contributed by atoms with Crippen molar-refractivity contribution in [3.63, 3.8) is 0 Å². The molecule has 0 atom stereocenters. The molecule has 6 nitrogen and oxygen atoms in total. The lowest BCUT2D eigenvalue weighted by Gasteiger charge is -2.08. The Balaban J connectivity index is 1.42. The van der Waals surface area contributed by atoms with Gasteiger partial charge in [-0.05, 0) is 29.7 Å². The summed E-state index contributed by atoms with van der Waals surface area (Å²) in [6.45, 7) is 0.615. The van der Waals surface area contributed by atoms with Crippen LogP contribution in [-0.4, -0.2) is 29.7 Å². The molecule has 29 heavy (non-hydrogen) atoms. The number of carbonyl (C=O) groups is 1. The van der Waals surface area contributed by atoms with Crippen molar-refractivity contribution in [1.82, 2.24) is 9.55 Å². The molecule has 1 N–H and O–H groups in total. The third kappa shape index (κ3) is 4.09. The number of methoxy groups -OCH3 is 2. The Labute approximate surface area is 172 Å². The third-order valence-corrected chi connectivity index (χ3v) is 5.45. The van der Waals surface area contributed by atoms with Gasteiger partial charge in [0, 0.05) is 41.7 Å². The minimum absolute atomic E-state index is 0.0645. The van der Waals surface area contributed by atoms with E-state index < -0.39 is 0 Å². The van der Waals surface area contributed by atoms with Crippen LogP contribution >= 0.6 is 11.3 Å². The summed E-state index contributed by atoms with van der Waals surface area (Å²) in [5.41, 5.74) is 2.73. The zero-order valence-corrected chi connectivity index (χ0v) is 17.0. The number of amides is 1. The molecule has 2 heterocycles. The number of nitrogens with zero attached hydrogens (tertiary/aromatic N) is 2. The number of fused-ring (bicyclic) bond motifs is 1. The van der Waals surface area contributed by atoms with Gasteiger partial charge in [-0.1, -0.05) is 18.2 Å². The fourth-order valence-corrected chi connectivity index (χ4v) is 3.93. The van der Waals surface area contributed by atoms with E-state index in [2.05, 4.69) is 33.1 Å². The van der Waals surface area contributed by atoms with Crippen LogP contribution in [0.15, 0.2) is 60.1 Å². The van der Waals surface area contributed by atoms with Crippen molar-refractivity contribution in [3.8, 4) is 22.8 Å². The summed E-state index contributed by atoms with van der Waals surface area (Å²) in [5, 5.41) is 6.54. The first kappa shape index (κ1) is 19.0. The van der Waals surface area contributed by atoms with E-state index in [0.29, 0.717) is 29.6 Å². The Morgan fingerprint density at radius 1 is 1.14 bits per heavy atom. The Morgan fingerprint density at radius 3 is 2.83 bits per heavy atom. The lowest BCUT2D eigenvalue weighted by molar-refractivity contribution is -0.116. The molecule has 148 valence electrons. The molecule has 0 unspecified atom stereocenters. The summed E-state index contributed by atoms with van der Waals surface area (Å²) in [6, 6.07) is 15.8. The fraction of sp³-hybridized carbons (Fsp3) is 0.182. The van der Waals surface area contributed by atoms with Crippen molar-refractivity contribution >= 4 is 33.3 Å². The van der Waals surface area contributed by atoms with E-state index in [1.165, 1.54) is 16.7 Å². The number of carbonyl (C=O) groups excluding carboxylic acids is 1. The van der Waals surface area contributed by atoms with Gasteiger partial charge in [0.25, 0.3) is 0 Å². The maximum absolute atomic E-state index is 12.4. The van der Waals surface area contributed by atoms with Gasteiger partial charge < -0.3 is 19.4 Å². The minimum Gasteiger partial charge on any atom is -0.497 e. The van der Waals surface area contributed by atoms with Gasteiger partial charge in [-0.3, -0.25) is 4.79 Å². The van der Waals surface area contributed by atoms with Crippen molar-refractivity contribution in [3.05, 3.63) is 60.1 Å². The quantitative estimate of drug-likeness (QED) is 0.477. The zero-order chi connectivity index (χ0) is 20.2. The predicted molar refractivity (Wildman–Crippen MR) is 116 cm³/mol.